The van der Waals surface area contributed by atoms with Crippen LogP contribution >= 0.6 is 11.3 Å². The van der Waals surface area contributed by atoms with E-state index in [1.807, 2.05) is 6.07 Å². The number of rotatable bonds is 3. The lowest BCUT2D eigenvalue weighted by Crippen LogP contribution is -2.42. The molecule has 2 aliphatic rings. The van der Waals surface area contributed by atoms with Gasteiger partial charge in [0, 0.05) is 25.8 Å². The summed E-state index contributed by atoms with van der Waals surface area (Å²) in [4.78, 5) is 26.3. The maximum atomic E-state index is 12.8. The number of anilines is 1. The molecule has 0 radical (unpaired) electrons. The van der Waals surface area contributed by atoms with Crippen LogP contribution < -0.4 is 4.90 Å². The van der Waals surface area contributed by atoms with Crippen molar-refractivity contribution in [2.24, 2.45) is 0 Å². The molecule has 4 heterocycles. The summed E-state index contributed by atoms with van der Waals surface area (Å²) in [6.07, 6.45) is 3.81. The van der Waals surface area contributed by atoms with E-state index in [1.54, 1.807) is 22.5 Å². The van der Waals surface area contributed by atoms with Gasteiger partial charge in [0.25, 0.3) is 5.91 Å². The summed E-state index contributed by atoms with van der Waals surface area (Å²) in [5, 5.41) is 10.9. The molecule has 2 fully saturated rings. The van der Waals surface area contributed by atoms with Crippen LogP contribution in [-0.2, 0) is 4.74 Å². The molecule has 0 bridgehead atoms. The molecule has 0 spiro atoms. The van der Waals surface area contributed by atoms with Gasteiger partial charge >= 0.3 is 0 Å². The molecule has 0 aliphatic carbocycles. The van der Waals surface area contributed by atoms with Crippen molar-refractivity contribution < 1.29 is 9.53 Å². The van der Waals surface area contributed by atoms with Gasteiger partial charge in [0.1, 0.15) is 17.1 Å². The number of carbonyl (C=O) groups is 1. The third-order valence-corrected chi connectivity index (χ3v) is 5.62. The van der Waals surface area contributed by atoms with Gasteiger partial charge in [-0.1, -0.05) is 0 Å². The highest BCUT2D eigenvalue weighted by molar-refractivity contribution is 7.12. The highest BCUT2D eigenvalue weighted by Gasteiger charge is 2.29. The van der Waals surface area contributed by atoms with Crippen molar-refractivity contribution in [2.45, 2.75) is 18.9 Å². The van der Waals surface area contributed by atoms with Crippen molar-refractivity contribution in [3.05, 3.63) is 39.8 Å². The van der Waals surface area contributed by atoms with E-state index in [4.69, 9.17) is 10.00 Å². The molecule has 2 saturated heterocycles. The summed E-state index contributed by atoms with van der Waals surface area (Å²) in [7, 11) is 0. The van der Waals surface area contributed by atoms with Gasteiger partial charge in [-0.2, -0.15) is 5.26 Å². The van der Waals surface area contributed by atoms with Crippen molar-refractivity contribution in [3.8, 4) is 6.07 Å². The summed E-state index contributed by atoms with van der Waals surface area (Å²) in [6.45, 7) is 3.36. The zero-order valence-electron chi connectivity index (χ0n) is 14.3. The van der Waals surface area contributed by atoms with Gasteiger partial charge in [0.2, 0.25) is 5.95 Å². The maximum Gasteiger partial charge on any atom is 0.265 e. The highest BCUT2D eigenvalue weighted by Crippen LogP contribution is 2.26. The quantitative estimate of drug-likeness (QED) is 0.825. The fraction of sp³-hybridized carbons (Fsp3) is 0.444. The summed E-state index contributed by atoms with van der Waals surface area (Å²) in [6, 6.07) is 5.62. The van der Waals surface area contributed by atoms with Crippen molar-refractivity contribution in [3.63, 3.8) is 0 Å². The standard InChI is InChI=1S/C18H19N5O2S/c19-11-13-4-10-26-16(13)17(24)23-8-9-25-15(12-23)14-3-5-20-18(21-14)22-6-1-2-7-22/h3-5,10,15H,1-2,6-9,12H2. The van der Waals surface area contributed by atoms with E-state index in [1.165, 1.54) is 11.3 Å². The molecule has 0 aromatic carbocycles. The highest BCUT2D eigenvalue weighted by atomic mass is 32.1. The Balaban J connectivity index is 1.51. The predicted octanol–water partition coefficient (Wildman–Crippen LogP) is 2.22. The molecule has 2 aromatic heterocycles. The molecular formula is C18H19N5O2S. The van der Waals surface area contributed by atoms with E-state index < -0.39 is 0 Å². The lowest BCUT2D eigenvalue weighted by Gasteiger charge is -2.32. The lowest BCUT2D eigenvalue weighted by molar-refractivity contribution is -0.0245. The molecule has 134 valence electrons. The molecule has 1 atom stereocenters. The van der Waals surface area contributed by atoms with Crippen molar-refractivity contribution in [1.82, 2.24) is 14.9 Å². The second-order valence-corrected chi connectivity index (χ2v) is 7.28. The van der Waals surface area contributed by atoms with Gasteiger partial charge in [0.15, 0.2) is 0 Å². The normalized spacial score (nSPS) is 20.2. The van der Waals surface area contributed by atoms with Crippen LogP contribution in [0.25, 0.3) is 0 Å². The Morgan fingerprint density at radius 2 is 2.15 bits per heavy atom. The largest absolute Gasteiger partial charge is 0.368 e. The summed E-state index contributed by atoms with van der Waals surface area (Å²) < 4.78 is 5.87. The number of ether oxygens (including phenoxy) is 1. The van der Waals surface area contributed by atoms with Crippen LogP contribution in [-0.4, -0.2) is 53.6 Å². The molecule has 0 saturated carbocycles. The molecule has 0 N–H and O–H groups in total. The van der Waals surface area contributed by atoms with E-state index in [0.717, 1.165) is 37.6 Å². The van der Waals surface area contributed by atoms with Crippen LogP contribution in [0.4, 0.5) is 5.95 Å². The Kier molecular flexibility index (Phi) is 4.82. The molecule has 4 rings (SSSR count). The number of thiophene rings is 1. The Bertz CT molecular complexity index is 840. The molecule has 2 aromatic rings. The Morgan fingerprint density at radius 1 is 1.31 bits per heavy atom. The third kappa shape index (κ3) is 3.28. The van der Waals surface area contributed by atoms with E-state index in [2.05, 4.69) is 20.9 Å². The molecular weight excluding hydrogens is 350 g/mol. The fourth-order valence-electron chi connectivity index (χ4n) is 3.33. The molecule has 1 amide bonds. The second kappa shape index (κ2) is 7.40. The summed E-state index contributed by atoms with van der Waals surface area (Å²) in [5.74, 6) is 0.621. The van der Waals surface area contributed by atoms with Gasteiger partial charge in [-0.25, -0.2) is 9.97 Å². The number of hydrogen-bond donors (Lipinski definition) is 0. The average Bonchev–Trinajstić information content (AvgIpc) is 3.39. The van der Waals surface area contributed by atoms with Gasteiger partial charge in [-0.15, -0.1) is 11.3 Å². The molecule has 2 aliphatic heterocycles. The number of nitriles is 1. The molecule has 1 unspecified atom stereocenters. The maximum absolute atomic E-state index is 12.8. The first-order chi connectivity index (χ1) is 12.8. The molecule has 26 heavy (non-hydrogen) atoms. The number of morpholine rings is 1. The van der Waals surface area contributed by atoms with E-state index in [0.29, 0.717) is 30.1 Å². The van der Waals surface area contributed by atoms with Crippen LogP contribution in [0.3, 0.4) is 0 Å². The molecule has 7 nitrogen and oxygen atoms in total. The predicted molar refractivity (Wildman–Crippen MR) is 97.1 cm³/mol. The fourth-order valence-corrected chi connectivity index (χ4v) is 4.14. The van der Waals surface area contributed by atoms with Gasteiger partial charge in [-0.05, 0) is 30.4 Å². The zero-order valence-corrected chi connectivity index (χ0v) is 15.1. The number of aromatic nitrogens is 2. The number of hydrogen-bond acceptors (Lipinski definition) is 7. The number of nitrogens with zero attached hydrogens (tertiary/aromatic N) is 5. The van der Waals surface area contributed by atoms with E-state index in [-0.39, 0.29) is 12.0 Å². The monoisotopic (exact) mass is 369 g/mol. The third-order valence-electron chi connectivity index (χ3n) is 4.72. The van der Waals surface area contributed by atoms with Crippen LogP contribution in [0.15, 0.2) is 23.7 Å². The first kappa shape index (κ1) is 16.9. The first-order valence-electron chi connectivity index (χ1n) is 8.72. The van der Waals surface area contributed by atoms with E-state index >= 15 is 0 Å². The average molecular weight is 369 g/mol. The van der Waals surface area contributed by atoms with Crippen LogP contribution in [0.1, 0.15) is 39.9 Å². The Labute approximate surface area is 155 Å². The van der Waals surface area contributed by atoms with Crippen LogP contribution in [0.5, 0.6) is 0 Å². The summed E-state index contributed by atoms with van der Waals surface area (Å²) >= 11 is 1.31. The lowest BCUT2D eigenvalue weighted by atomic mass is 10.2. The minimum Gasteiger partial charge on any atom is -0.368 e. The number of carbonyl (C=O) groups excluding carboxylic acids is 1. The Hall–Kier alpha value is -2.50. The van der Waals surface area contributed by atoms with E-state index in [9.17, 15) is 4.79 Å². The second-order valence-electron chi connectivity index (χ2n) is 6.36. The first-order valence-corrected chi connectivity index (χ1v) is 9.60. The smallest absolute Gasteiger partial charge is 0.265 e. The minimum absolute atomic E-state index is 0.112. The van der Waals surface area contributed by atoms with Gasteiger partial charge in [-0.3, -0.25) is 4.79 Å². The number of amides is 1. The minimum atomic E-state index is -0.275. The van der Waals surface area contributed by atoms with Crippen molar-refractivity contribution >= 4 is 23.2 Å². The Morgan fingerprint density at radius 3 is 2.96 bits per heavy atom. The van der Waals surface area contributed by atoms with Gasteiger partial charge in [0.05, 0.1) is 24.4 Å². The van der Waals surface area contributed by atoms with Gasteiger partial charge < -0.3 is 14.5 Å². The van der Waals surface area contributed by atoms with Crippen molar-refractivity contribution in [2.75, 3.05) is 37.7 Å². The zero-order chi connectivity index (χ0) is 17.9. The van der Waals surface area contributed by atoms with Crippen LogP contribution in [0.2, 0.25) is 0 Å². The topological polar surface area (TPSA) is 82.3 Å². The SMILES string of the molecule is N#Cc1ccsc1C(=O)N1CCOC(c2ccnc(N3CCCC3)n2)C1. The van der Waals surface area contributed by atoms with Crippen molar-refractivity contribution in [1.29, 1.82) is 5.26 Å². The molecule has 8 heteroatoms. The van der Waals surface area contributed by atoms with Crippen LogP contribution in [0, 0.1) is 11.3 Å². The summed E-state index contributed by atoms with van der Waals surface area (Å²) in [5.41, 5.74) is 1.23.